The maximum Gasteiger partial charge on any atom is 0.209 e. The van der Waals surface area contributed by atoms with Gasteiger partial charge in [-0.2, -0.15) is 5.10 Å². The number of ether oxygens (including phenoxy) is 1. The van der Waals surface area contributed by atoms with Gasteiger partial charge >= 0.3 is 0 Å². The van der Waals surface area contributed by atoms with Gasteiger partial charge in [0.15, 0.2) is 11.8 Å². The third-order valence-corrected chi connectivity index (χ3v) is 4.88. The number of aliphatic imine (C=N–C) groups is 1. The fourth-order valence-corrected chi connectivity index (χ4v) is 4.06. The monoisotopic (exact) mass is 529 g/mol. The van der Waals surface area contributed by atoms with Gasteiger partial charge in [0.1, 0.15) is 12.4 Å². The molecule has 1 aliphatic heterocycles. The summed E-state index contributed by atoms with van der Waals surface area (Å²) in [4.78, 5) is 9.04. The molecule has 162 valence electrons. The van der Waals surface area contributed by atoms with Crippen molar-refractivity contribution in [2.24, 2.45) is 4.99 Å². The van der Waals surface area contributed by atoms with Crippen LogP contribution in [-0.2, 0) is 34.3 Å². The summed E-state index contributed by atoms with van der Waals surface area (Å²) < 4.78 is 32.6. The van der Waals surface area contributed by atoms with Gasteiger partial charge in [-0.3, -0.25) is 4.99 Å². The van der Waals surface area contributed by atoms with Gasteiger partial charge in [-0.25, -0.2) is 22.8 Å². The first kappa shape index (κ1) is 25.0. The first-order chi connectivity index (χ1) is 12.6. The van der Waals surface area contributed by atoms with Crippen molar-refractivity contribution < 1.29 is 13.2 Å². The molecule has 12 heteroatoms. The fourth-order valence-electron chi connectivity index (χ4n) is 2.99. The Bertz CT molecular complexity index is 764. The third kappa shape index (κ3) is 8.17. The van der Waals surface area contributed by atoms with Gasteiger partial charge in [0.2, 0.25) is 10.0 Å². The highest BCUT2D eigenvalue weighted by atomic mass is 127. The predicted octanol–water partition coefficient (Wildman–Crippen LogP) is 0.240. The summed E-state index contributed by atoms with van der Waals surface area (Å²) in [6.07, 6.45) is 2.90. The molecule has 28 heavy (non-hydrogen) atoms. The number of aryl methyl sites for hydroxylation is 1. The standard InChI is InChI=1S/C16H31N7O3S.HI/c1-6-17-15(18-11-16(2,3)22-27(5,24)25)19-12-7-8-14-20-13(10-26-4)21-23(14)9-12;/h12,22H,6-11H2,1-5H3,(H2,17,18,19);1H. The van der Waals surface area contributed by atoms with E-state index in [-0.39, 0.29) is 30.0 Å². The lowest BCUT2D eigenvalue weighted by atomic mass is 10.1. The molecule has 3 N–H and O–H groups in total. The van der Waals surface area contributed by atoms with Gasteiger partial charge in [0.25, 0.3) is 0 Å². The van der Waals surface area contributed by atoms with Crippen LogP contribution in [-0.4, -0.2) is 67.2 Å². The van der Waals surface area contributed by atoms with Crippen LogP contribution in [0.1, 0.15) is 38.8 Å². The molecule has 2 rings (SSSR count). The summed E-state index contributed by atoms with van der Waals surface area (Å²) in [7, 11) is -1.67. The molecule has 0 amide bonds. The molecule has 0 fully saturated rings. The molecule has 0 saturated heterocycles. The van der Waals surface area contributed by atoms with Crippen molar-refractivity contribution in [2.75, 3.05) is 26.5 Å². The summed E-state index contributed by atoms with van der Waals surface area (Å²) in [5, 5.41) is 11.1. The molecule has 1 atom stereocenters. The Balaban J connectivity index is 0.00000392. The van der Waals surface area contributed by atoms with Crippen molar-refractivity contribution >= 4 is 40.0 Å². The molecule has 1 unspecified atom stereocenters. The Morgan fingerprint density at radius 3 is 2.75 bits per heavy atom. The summed E-state index contributed by atoms with van der Waals surface area (Å²) in [6.45, 7) is 7.73. The van der Waals surface area contributed by atoms with Crippen molar-refractivity contribution in [2.45, 2.75) is 58.3 Å². The highest BCUT2D eigenvalue weighted by Gasteiger charge is 2.24. The van der Waals surface area contributed by atoms with Crippen molar-refractivity contribution in [1.82, 2.24) is 30.1 Å². The number of hydrogen-bond acceptors (Lipinski definition) is 6. The number of nitrogens with one attached hydrogen (secondary N) is 3. The van der Waals surface area contributed by atoms with E-state index in [1.165, 1.54) is 0 Å². The highest BCUT2D eigenvalue weighted by Crippen LogP contribution is 2.13. The Morgan fingerprint density at radius 1 is 1.43 bits per heavy atom. The van der Waals surface area contributed by atoms with Crippen LogP contribution in [0.25, 0.3) is 0 Å². The van der Waals surface area contributed by atoms with Crippen LogP contribution >= 0.6 is 24.0 Å². The van der Waals surface area contributed by atoms with Gasteiger partial charge in [0.05, 0.1) is 19.3 Å². The number of fused-ring (bicyclic) bond motifs is 1. The lowest BCUT2D eigenvalue weighted by molar-refractivity contribution is 0.177. The average Bonchev–Trinajstić information content (AvgIpc) is 2.93. The second-order valence-corrected chi connectivity index (χ2v) is 9.14. The average molecular weight is 529 g/mol. The van der Waals surface area contributed by atoms with E-state index in [1.54, 1.807) is 21.0 Å². The van der Waals surface area contributed by atoms with E-state index < -0.39 is 15.6 Å². The Labute approximate surface area is 184 Å². The van der Waals surface area contributed by atoms with Crippen LogP contribution in [0.15, 0.2) is 4.99 Å². The molecule has 10 nitrogen and oxygen atoms in total. The number of rotatable bonds is 8. The number of halogens is 1. The molecular formula is C16H32IN7O3S. The number of hydrogen-bond donors (Lipinski definition) is 3. The minimum absolute atomic E-state index is 0. The molecule has 0 aliphatic carbocycles. The summed E-state index contributed by atoms with van der Waals surface area (Å²) in [6, 6.07) is 0.165. The first-order valence-corrected chi connectivity index (χ1v) is 11.0. The van der Waals surface area contributed by atoms with E-state index in [2.05, 4.69) is 30.4 Å². The maximum atomic E-state index is 11.5. The number of methoxy groups -OCH3 is 1. The molecule has 1 aliphatic rings. The minimum Gasteiger partial charge on any atom is -0.377 e. The number of nitrogens with zero attached hydrogens (tertiary/aromatic N) is 4. The molecule has 0 radical (unpaired) electrons. The van der Waals surface area contributed by atoms with E-state index in [1.807, 2.05) is 11.6 Å². The Hall–Kier alpha value is -0.990. The van der Waals surface area contributed by atoms with Gasteiger partial charge in [-0.1, -0.05) is 0 Å². The second kappa shape index (κ2) is 10.7. The first-order valence-electron chi connectivity index (χ1n) is 9.07. The SMILES string of the molecule is CCNC(=NCC(C)(C)NS(C)(=O)=O)NC1CCc2nc(COC)nn2C1.I. The normalized spacial score (nSPS) is 17.6. The van der Waals surface area contributed by atoms with Crippen LogP contribution in [0.2, 0.25) is 0 Å². The smallest absolute Gasteiger partial charge is 0.209 e. The Morgan fingerprint density at radius 2 is 2.14 bits per heavy atom. The quantitative estimate of drug-likeness (QED) is 0.251. The van der Waals surface area contributed by atoms with Crippen LogP contribution in [0, 0.1) is 0 Å². The van der Waals surface area contributed by atoms with Crippen LogP contribution < -0.4 is 15.4 Å². The second-order valence-electron chi connectivity index (χ2n) is 7.39. The maximum absolute atomic E-state index is 11.5. The van der Waals surface area contributed by atoms with Crippen LogP contribution in [0.5, 0.6) is 0 Å². The lowest BCUT2D eigenvalue weighted by Crippen LogP contribution is -2.49. The number of guanidine groups is 1. The van der Waals surface area contributed by atoms with Crippen LogP contribution in [0.4, 0.5) is 0 Å². The van der Waals surface area contributed by atoms with E-state index in [4.69, 9.17) is 4.74 Å². The minimum atomic E-state index is -3.29. The van der Waals surface area contributed by atoms with Crippen LogP contribution in [0.3, 0.4) is 0 Å². The molecule has 1 aromatic rings. The number of aromatic nitrogens is 3. The molecule has 1 aromatic heterocycles. The molecular weight excluding hydrogens is 497 g/mol. The molecule has 0 saturated carbocycles. The zero-order valence-corrected chi connectivity index (χ0v) is 20.3. The molecule has 0 aromatic carbocycles. The van der Waals surface area contributed by atoms with Crippen molar-refractivity contribution in [3.63, 3.8) is 0 Å². The van der Waals surface area contributed by atoms with Crippen molar-refractivity contribution in [3.8, 4) is 0 Å². The molecule has 0 spiro atoms. The zero-order chi connectivity index (χ0) is 20.1. The van der Waals surface area contributed by atoms with Crippen molar-refractivity contribution in [3.05, 3.63) is 11.6 Å². The van der Waals surface area contributed by atoms with E-state index in [0.29, 0.717) is 38.0 Å². The lowest BCUT2D eigenvalue weighted by Gasteiger charge is -2.27. The fraction of sp³-hybridized carbons (Fsp3) is 0.812. The Kier molecular flexibility index (Phi) is 9.56. The van der Waals surface area contributed by atoms with Gasteiger partial charge in [0, 0.05) is 31.7 Å². The number of sulfonamides is 1. The summed E-state index contributed by atoms with van der Waals surface area (Å²) in [5.41, 5.74) is -0.670. The van der Waals surface area contributed by atoms with E-state index in [0.717, 1.165) is 24.9 Å². The van der Waals surface area contributed by atoms with Gasteiger partial charge in [-0.15, -0.1) is 24.0 Å². The molecule has 2 heterocycles. The predicted molar refractivity (Wildman–Crippen MR) is 119 cm³/mol. The highest BCUT2D eigenvalue weighted by molar-refractivity contribution is 14.0. The zero-order valence-electron chi connectivity index (χ0n) is 17.2. The van der Waals surface area contributed by atoms with E-state index >= 15 is 0 Å². The topological polar surface area (TPSA) is 123 Å². The van der Waals surface area contributed by atoms with E-state index in [9.17, 15) is 8.42 Å². The summed E-state index contributed by atoms with van der Waals surface area (Å²) in [5.74, 6) is 2.33. The van der Waals surface area contributed by atoms with Gasteiger partial charge < -0.3 is 15.4 Å². The summed E-state index contributed by atoms with van der Waals surface area (Å²) >= 11 is 0. The van der Waals surface area contributed by atoms with Crippen molar-refractivity contribution in [1.29, 1.82) is 0 Å². The van der Waals surface area contributed by atoms with Gasteiger partial charge in [-0.05, 0) is 27.2 Å². The third-order valence-electron chi connectivity index (χ3n) is 3.95. The largest absolute Gasteiger partial charge is 0.377 e. The molecule has 0 bridgehead atoms.